The lowest BCUT2D eigenvalue weighted by molar-refractivity contribution is -0.120. The molecule has 0 aliphatic carbocycles. The standard InChI is InChI=1S/C10H12BrFN2O2/c11-7-2-1-3-8(12)10(7)14-9(15)6-16-5-4-13/h1-3H,4-6,13H2,(H,14,15). The Balaban J connectivity index is 2.56. The predicted octanol–water partition coefficient (Wildman–Crippen LogP) is 1.50. The van der Waals surface area contributed by atoms with Crippen LogP contribution in [0.1, 0.15) is 0 Å². The second-order valence-corrected chi connectivity index (χ2v) is 3.84. The van der Waals surface area contributed by atoms with Gasteiger partial charge in [0.25, 0.3) is 0 Å². The molecule has 0 spiro atoms. The topological polar surface area (TPSA) is 64.3 Å². The first kappa shape index (κ1) is 13.1. The quantitative estimate of drug-likeness (QED) is 0.808. The van der Waals surface area contributed by atoms with Crippen LogP contribution in [0, 0.1) is 5.82 Å². The molecule has 16 heavy (non-hydrogen) atoms. The monoisotopic (exact) mass is 290 g/mol. The number of nitrogens with two attached hydrogens (primary N) is 1. The molecule has 1 aromatic carbocycles. The van der Waals surface area contributed by atoms with E-state index >= 15 is 0 Å². The SMILES string of the molecule is NCCOCC(=O)Nc1c(F)cccc1Br. The van der Waals surface area contributed by atoms with Crippen molar-refractivity contribution in [2.24, 2.45) is 5.73 Å². The maximum absolute atomic E-state index is 13.3. The summed E-state index contributed by atoms with van der Waals surface area (Å²) in [7, 11) is 0. The maximum atomic E-state index is 13.3. The third kappa shape index (κ3) is 3.88. The van der Waals surface area contributed by atoms with Crippen LogP contribution in [0.15, 0.2) is 22.7 Å². The van der Waals surface area contributed by atoms with Gasteiger partial charge in [0.15, 0.2) is 0 Å². The summed E-state index contributed by atoms with van der Waals surface area (Å²) in [5, 5.41) is 2.41. The van der Waals surface area contributed by atoms with E-state index in [9.17, 15) is 9.18 Å². The average Bonchev–Trinajstić information content (AvgIpc) is 2.24. The third-order valence-electron chi connectivity index (χ3n) is 1.72. The number of halogens is 2. The van der Waals surface area contributed by atoms with Crippen molar-refractivity contribution in [3.8, 4) is 0 Å². The highest BCUT2D eigenvalue weighted by molar-refractivity contribution is 9.10. The summed E-state index contributed by atoms with van der Waals surface area (Å²) in [6.07, 6.45) is 0. The fraction of sp³-hybridized carbons (Fsp3) is 0.300. The Bertz CT molecular complexity index is 354. The van der Waals surface area contributed by atoms with Crippen LogP contribution in [0.2, 0.25) is 0 Å². The minimum atomic E-state index is -0.499. The summed E-state index contributed by atoms with van der Waals surface area (Å²) in [5.74, 6) is -0.916. The van der Waals surface area contributed by atoms with Crippen LogP contribution in [0.5, 0.6) is 0 Å². The number of anilines is 1. The van der Waals surface area contributed by atoms with Crippen molar-refractivity contribution < 1.29 is 13.9 Å². The highest BCUT2D eigenvalue weighted by Crippen LogP contribution is 2.24. The number of para-hydroxylation sites is 1. The Kier molecular flexibility index (Phi) is 5.37. The molecule has 0 heterocycles. The third-order valence-corrected chi connectivity index (χ3v) is 2.38. The van der Waals surface area contributed by atoms with Gasteiger partial charge in [0.05, 0.1) is 12.3 Å². The Labute approximate surface area is 101 Å². The van der Waals surface area contributed by atoms with E-state index < -0.39 is 11.7 Å². The zero-order valence-electron chi connectivity index (χ0n) is 8.50. The Hall–Kier alpha value is -0.980. The first-order valence-corrected chi connectivity index (χ1v) is 5.46. The van der Waals surface area contributed by atoms with Gasteiger partial charge in [-0.05, 0) is 28.1 Å². The molecule has 0 fully saturated rings. The zero-order chi connectivity index (χ0) is 12.0. The molecular weight excluding hydrogens is 279 g/mol. The molecule has 1 aromatic rings. The van der Waals surface area contributed by atoms with Gasteiger partial charge in [-0.2, -0.15) is 0 Å². The van der Waals surface area contributed by atoms with Crippen molar-refractivity contribution in [1.82, 2.24) is 0 Å². The molecule has 0 radical (unpaired) electrons. The lowest BCUT2D eigenvalue weighted by Gasteiger charge is -2.08. The lowest BCUT2D eigenvalue weighted by Crippen LogP contribution is -2.21. The van der Waals surface area contributed by atoms with Crippen LogP contribution in [0.4, 0.5) is 10.1 Å². The summed E-state index contributed by atoms with van der Waals surface area (Å²) >= 11 is 3.14. The molecule has 6 heteroatoms. The first-order valence-electron chi connectivity index (χ1n) is 4.67. The Morgan fingerprint density at radius 2 is 2.31 bits per heavy atom. The van der Waals surface area contributed by atoms with Crippen LogP contribution in [-0.4, -0.2) is 25.7 Å². The van der Waals surface area contributed by atoms with E-state index in [4.69, 9.17) is 10.5 Å². The zero-order valence-corrected chi connectivity index (χ0v) is 10.1. The van der Waals surface area contributed by atoms with Gasteiger partial charge < -0.3 is 15.8 Å². The van der Waals surface area contributed by atoms with Crippen molar-refractivity contribution >= 4 is 27.5 Å². The molecule has 1 rings (SSSR count). The number of nitrogens with one attached hydrogen (secondary N) is 1. The van der Waals surface area contributed by atoms with Crippen molar-refractivity contribution in [2.45, 2.75) is 0 Å². The van der Waals surface area contributed by atoms with Crippen LogP contribution in [-0.2, 0) is 9.53 Å². The van der Waals surface area contributed by atoms with Crippen LogP contribution >= 0.6 is 15.9 Å². The molecule has 0 aliphatic heterocycles. The molecular formula is C10H12BrFN2O2. The van der Waals surface area contributed by atoms with Gasteiger partial charge in [0, 0.05) is 11.0 Å². The van der Waals surface area contributed by atoms with E-state index in [1.807, 2.05) is 0 Å². The molecule has 0 saturated heterocycles. The average molecular weight is 291 g/mol. The first-order chi connectivity index (χ1) is 7.65. The van der Waals surface area contributed by atoms with Crippen molar-refractivity contribution in [3.63, 3.8) is 0 Å². The predicted molar refractivity (Wildman–Crippen MR) is 62.6 cm³/mol. The summed E-state index contributed by atoms with van der Waals surface area (Å²) in [4.78, 5) is 11.3. The number of benzene rings is 1. The van der Waals surface area contributed by atoms with Gasteiger partial charge in [-0.1, -0.05) is 6.07 Å². The lowest BCUT2D eigenvalue weighted by atomic mass is 10.3. The van der Waals surface area contributed by atoms with Gasteiger partial charge >= 0.3 is 0 Å². The molecule has 0 unspecified atom stereocenters. The Morgan fingerprint density at radius 1 is 1.56 bits per heavy atom. The molecule has 0 aliphatic rings. The summed E-state index contributed by atoms with van der Waals surface area (Å²) in [6.45, 7) is 0.501. The summed E-state index contributed by atoms with van der Waals surface area (Å²) in [6, 6.07) is 4.44. The minimum absolute atomic E-state index is 0.115. The second-order valence-electron chi connectivity index (χ2n) is 2.99. The molecule has 0 aromatic heterocycles. The minimum Gasteiger partial charge on any atom is -0.370 e. The van der Waals surface area contributed by atoms with Crippen molar-refractivity contribution in [1.29, 1.82) is 0 Å². The number of amides is 1. The van der Waals surface area contributed by atoms with Crippen LogP contribution in [0.3, 0.4) is 0 Å². The number of carbonyl (C=O) groups excluding carboxylic acids is 1. The van der Waals surface area contributed by atoms with Gasteiger partial charge in [-0.3, -0.25) is 4.79 Å². The molecule has 0 saturated carbocycles. The summed E-state index contributed by atoms with van der Waals surface area (Å²) in [5.41, 5.74) is 5.31. The van der Waals surface area contributed by atoms with Gasteiger partial charge in [-0.25, -0.2) is 4.39 Å². The fourth-order valence-corrected chi connectivity index (χ4v) is 1.48. The van der Waals surface area contributed by atoms with Gasteiger partial charge in [0.2, 0.25) is 5.91 Å². The number of ether oxygens (including phenoxy) is 1. The molecule has 88 valence electrons. The van der Waals surface area contributed by atoms with E-state index in [2.05, 4.69) is 21.2 Å². The smallest absolute Gasteiger partial charge is 0.250 e. The van der Waals surface area contributed by atoms with Gasteiger partial charge in [0.1, 0.15) is 12.4 Å². The van der Waals surface area contributed by atoms with Crippen molar-refractivity contribution in [3.05, 3.63) is 28.5 Å². The number of rotatable bonds is 5. The largest absolute Gasteiger partial charge is 0.370 e. The molecule has 0 bridgehead atoms. The summed E-state index contributed by atoms with van der Waals surface area (Å²) < 4.78 is 18.7. The van der Waals surface area contributed by atoms with Gasteiger partial charge in [-0.15, -0.1) is 0 Å². The maximum Gasteiger partial charge on any atom is 0.250 e. The molecule has 1 amide bonds. The van der Waals surface area contributed by atoms with E-state index in [0.717, 1.165) is 0 Å². The van der Waals surface area contributed by atoms with E-state index in [-0.39, 0.29) is 12.3 Å². The number of hydrogen-bond donors (Lipinski definition) is 2. The van der Waals surface area contributed by atoms with E-state index in [1.165, 1.54) is 6.07 Å². The van der Waals surface area contributed by atoms with E-state index in [0.29, 0.717) is 17.6 Å². The number of carbonyl (C=O) groups is 1. The highest BCUT2D eigenvalue weighted by Gasteiger charge is 2.09. The van der Waals surface area contributed by atoms with Crippen LogP contribution in [0.25, 0.3) is 0 Å². The normalized spacial score (nSPS) is 10.2. The Morgan fingerprint density at radius 3 is 2.94 bits per heavy atom. The molecule has 4 nitrogen and oxygen atoms in total. The van der Waals surface area contributed by atoms with E-state index in [1.54, 1.807) is 12.1 Å². The van der Waals surface area contributed by atoms with Crippen molar-refractivity contribution in [2.75, 3.05) is 25.1 Å². The van der Waals surface area contributed by atoms with Crippen LogP contribution < -0.4 is 11.1 Å². The molecule has 3 N–H and O–H groups in total. The number of hydrogen-bond acceptors (Lipinski definition) is 3. The molecule has 0 atom stereocenters. The fourth-order valence-electron chi connectivity index (χ4n) is 1.04. The highest BCUT2D eigenvalue weighted by atomic mass is 79.9. The second kappa shape index (κ2) is 6.57.